The zero-order valence-corrected chi connectivity index (χ0v) is 8.45. The van der Waals surface area contributed by atoms with Gasteiger partial charge >= 0.3 is 0 Å². The van der Waals surface area contributed by atoms with Crippen LogP contribution in [-0.4, -0.2) is 30.6 Å². The van der Waals surface area contributed by atoms with E-state index in [1.165, 1.54) is 6.20 Å². The number of fused-ring (bicyclic) bond motifs is 1. The van der Waals surface area contributed by atoms with E-state index in [1.54, 1.807) is 0 Å². The summed E-state index contributed by atoms with van der Waals surface area (Å²) in [7, 11) is -3.28. The summed E-state index contributed by atoms with van der Waals surface area (Å²) in [5, 5.41) is 12.6. The van der Waals surface area contributed by atoms with Crippen LogP contribution >= 0.6 is 0 Å². The Morgan fingerprint density at radius 3 is 2.86 bits per heavy atom. The summed E-state index contributed by atoms with van der Waals surface area (Å²) in [4.78, 5) is 0. The SMILES string of the molecule is CS(=O)(=O)n1cc2c(n1)CB(C#N)C2. The van der Waals surface area contributed by atoms with Crippen molar-refractivity contribution in [2.45, 2.75) is 12.6 Å². The van der Waals surface area contributed by atoms with Gasteiger partial charge in [-0.2, -0.15) is 9.19 Å². The molecular weight excluding hydrogens is 201 g/mol. The summed E-state index contributed by atoms with van der Waals surface area (Å²) in [5.41, 5.74) is 1.61. The molecule has 0 spiro atoms. The molecule has 0 atom stereocenters. The minimum Gasteiger partial charge on any atom is -0.213 e. The minimum absolute atomic E-state index is 0.0401. The third-order valence-electron chi connectivity index (χ3n) is 2.28. The van der Waals surface area contributed by atoms with E-state index < -0.39 is 10.0 Å². The van der Waals surface area contributed by atoms with Crippen LogP contribution in [0, 0.1) is 11.2 Å². The molecule has 0 unspecified atom stereocenters. The molecule has 1 aliphatic rings. The second kappa shape index (κ2) is 2.85. The fraction of sp³-hybridized carbons (Fsp3) is 0.429. The first-order chi connectivity index (χ1) is 6.50. The van der Waals surface area contributed by atoms with E-state index in [0.29, 0.717) is 12.6 Å². The van der Waals surface area contributed by atoms with Crippen LogP contribution in [0.5, 0.6) is 0 Å². The van der Waals surface area contributed by atoms with Crippen molar-refractivity contribution in [3.63, 3.8) is 0 Å². The maximum Gasteiger partial charge on any atom is 0.278 e. The van der Waals surface area contributed by atoms with Gasteiger partial charge in [0.25, 0.3) is 16.7 Å². The first-order valence-corrected chi connectivity index (χ1v) is 6.03. The second-order valence-electron chi connectivity index (χ2n) is 3.47. The molecule has 0 amide bonds. The Kier molecular flexibility index (Phi) is 1.89. The summed E-state index contributed by atoms with van der Waals surface area (Å²) in [6.07, 6.45) is 3.79. The summed E-state index contributed by atoms with van der Waals surface area (Å²) in [6.45, 7) is -0.0401. The first kappa shape index (κ1) is 9.28. The molecule has 0 aromatic carbocycles. The Balaban J connectivity index is 2.38. The molecule has 1 aromatic heterocycles. The number of rotatable bonds is 1. The molecule has 5 nitrogen and oxygen atoms in total. The molecular formula is C7H8BN3O2S. The molecule has 0 N–H and O–H groups in total. The van der Waals surface area contributed by atoms with Crippen LogP contribution in [0.15, 0.2) is 6.20 Å². The Bertz CT molecular complexity index is 490. The predicted octanol–water partition coefficient (Wildman–Crippen LogP) is -0.575. The van der Waals surface area contributed by atoms with E-state index in [0.717, 1.165) is 21.6 Å². The lowest BCUT2D eigenvalue weighted by Crippen LogP contribution is -2.15. The average molecular weight is 209 g/mol. The third kappa shape index (κ3) is 1.42. The number of hydrogen-bond donors (Lipinski definition) is 0. The van der Waals surface area contributed by atoms with Crippen LogP contribution < -0.4 is 0 Å². The highest BCUT2D eigenvalue weighted by Gasteiger charge is 2.29. The number of nitrogens with zero attached hydrogens (tertiary/aromatic N) is 3. The number of nitriles is 1. The summed E-state index contributed by atoms with van der Waals surface area (Å²) < 4.78 is 23.2. The molecule has 0 aliphatic carbocycles. The standard InChI is InChI=1S/C7H8BN3O2S/c1-14(12,13)11-4-6-2-8(5-9)3-7(6)10-11/h4H,2-3H2,1H3. The first-order valence-electron chi connectivity index (χ1n) is 4.18. The van der Waals surface area contributed by atoms with Gasteiger partial charge in [-0.05, 0) is 18.2 Å². The van der Waals surface area contributed by atoms with Gasteiger partial charge in [0.05, 0.1) is 11.9 Å². The van der Waals surface area contributed by atoms with E-state index in [1.807, 2.05) is 0 Å². The minimum atomic E-state index is -3.28. The van der Waals surface area contributed by atoms with Crippen molar-refractivity contribution in [1.29, 1.82) is 5.26 Å². The van der Waals surface area contributed by atoms with Crippen LogP contribution in [0.25, 0.3) is 0 Å². The highest BCUT2D eigenvalue weighted by Crippen LogP contribution is 2.19. The lowest BCUT2D eigenvalue weighted by molar-refractivity contribution is 0.585. The van der Waals surface area contributed by atoms with Gasteiger partial charge in [0.15, 0.2) is 0 Å². The third-order valence-corrected chi connectivity index (χ3v) is 3.15. The highest BCUT2D eigenvalue weighted by atomic mass is 32.2. The smallest absolute Gasteiger partial charge is 0.213 e. The van der Waals surface area contributed by atoms with Gasteiger partial charge in [0.2, 0.25) is 0 Å². The molecule has 0 bridgehead atoms. The fourth-order valence-corrected chi connectivity index (χ4v) is 2.16. The molecule has 1 aromatic rings. The van der Waals surface area contributed by atoms with E-state index in [4.69, 9.17) is 5.26 Å². The number of hydrogen-bond acceptors (Lipinski definition) is 4. The molecule has 2 rings (SSSR count). The van der Waals surface area contributed by atoms with Crippen molar-refractivity contribution in [2.75, 3.05) is 6.26 Å². The van der Waals surface area contributed by atoms with Crippen LogP contribution in [0.3, 0.4) is 0 Å². The largest absolute Gasteiger partial charge is 0.278 e. The van der Waals surface area contributed by atoms with E-state index in [9.17, 15) is 8.42 Å². The quantitative estimate of drug-likeness (QED) is 0.580. The Hall–Kier alpha value is -1.29. The van der Waals surface area contributed by atoms with Crippen molar-refractivity contribution >= 4 is 16.7 Å². The summed E-state index contributed by atoms with van der Waals surface area (Å²) in [6, 6.07) is 0. The molecule has 0 saturated heterocycles. The van der Waals surface area contributed by atoms with Crippen molar-refractivity contribution < 1.29 is 8.42 Å². The zero-order valence-electron chi connectivity index (χ0n) is 7.64. The average Bonchev–Trinajstić information content (AvgIpc) is 2.56. The lowest BCUT2D eigenvalue weighted by Gasteiger charge is -1.96. The van der Waals surface area contributed by atoms with Gasteiger partial charge in [-0.25, -0.2) is 13.7 Å². The zero-order chi connectivity index (χ0) is 10.3. The lowest BCUT2D eigenvalue weighted by atomic mass is 9.49. The van der Waals surface area contributed by atoms with Crippen LogP contribution in [-0.2, 0) is 22.7 Å². The Morgan fingerprint density at radius 2 is 2.36 bits per heavy atom. The van der Waals surface area contributed by atoms with Gasteiger partial charge in [-0.1, -0.05) is 0 Å². The molecule has 2 heterocycles. The van der Waals surface area contributed by atoms with E-state index >= 15 is 0 Å². The van der Waals surface area contributed by atoms with Crippen molar-refractivity contribution in [2.24, 2.45) is 0 Å². The fourth-order valence-electron chi connectivity index (χ4n) is 1.59. The maximum absolute atomic E-state index is 11.1. The van der Waals surface area contributed by atoms with Crippen molar-refractivity contribution in [3.8, 4) is 5.97 Å². The Labute approximate surface area is 82.5 Å². The molecule has 0 radical (unpaired) electrons. The molecule has 0 saturated carbocycles. The topological polar surface area (TPSA) is 75.8 Å². The Morgan fingerprint density at radius 1 is 1.64 bits per heavy atom. The maximum atomic E-state index is 11.1. The van der Waals surface area contributed by atoms with Gasteiger partial charge in [-0.15, -0.1) is 0 Å². The highest BCUT2D eigenvalue weighted by molar-refractivity contribution is 7.89. The molecule has 72 valence electrons. The molecule has 14 heavy (non-hydrogen) atoms. The number of aromatic nitrogens is 2. The summed E-state index contributed by atoms with van der Waals surface area (Å²) in [5.74, 6) is 2.16. The molecule has 1 aliphatic heterocycles. The van der Waals surface area contributed by atoms with Crippen molar-refractivity contribution in [3.05, 3.63) is 17.5 Å². The van der Waals surface area contributed by atoms with Gasteiger partial charge in [0.1, 0.15) is 0 Å². The summed E-state index contributed by atoms with van der Waals surface area (Å²) >= 11 is 0. The van der Waals surface area contributed by atoms with Crippen molar-refractivity contribution in [1.82, 2.24) is 9.19 Å². The van der Waals surface area contributed by atoms with Crippen LogP contribution in [0.1, 0.15) is 11.3 Å². The van der Waals surface area contributed by atoms with Gasteiger partial charge < -0.3 is 0 Å². The molecule has 0 fully saturated rings. The molecule has 7 heteroatoms. The van der Waals surface area contributed by atoms with E-state index in [-0.39, 0.29) is 6.71 Å². The normalized spacial score (nSPS) is 15.3. The van der Waals surface area contributed by atoms with E-state index in [2.05, 4.69) is 11.1 Å². The van der Waals surface area contributed by atoms with Gasteiger partial charge in [0, 0.05) is 12.2 Å². The van der Waals surface area contributed by atoms with Crippen LogP contribution in [0.4, 0.5) is 0 Å². The van der Waals surface area contributed by atoms with Crippen LogP contribution in [0.2, 0.25) is 0 Å². The monoisotopic (exact) mass is 209 g/mol. The van der Waals surface area contributed by atoms with Gasteiger partial charge in [-0.3, -0.25) is 0 Å². The second-order valence-corrected chi connectivity index (χ2v) is 5.31. The predicted molar refractivity (Wildman–Crippen MR) is 51.2 cm³/mol.